The lowest BCUT2D eigenvalue weighted by molar-refractivity contribution is -0.120. The molecule has 0 bridgehead atoms. The van der Waals surface area contributed by atoms with Crippen molar-refractivity contribution in [3.63, 3.8) is 0 Å². The van der Waals surface area contributed by atoms with Crippen LogP contribution in [0.25, 0.3) is 0 Å². The molecule has 0 aromatic heterocycles. The fourth-order valence-corrected chi connectivity index (χ4v) is 1.94. The van der Waals surface area contributed by atoms with Crippen LogP contribution < -0.4 is 16.4 Å². The highest BCUT2D eigenvalue weighted by Gasteiger charge is 2.20. The molecule has 0 saturated carbocycles. The first kappa shape index (κ1) is 11.0. The molecule has 1 heterocycles. The Balaban J connectivity index is 1.96. The average Bonchev–Trinajstić information content (AvgIpc) is 2.30. The van der Waals surface area contributed by atoms with E-state index in [1.165, 1.54) is 0 Å². The Morgan fingerprint density at radius 1 is 1.50 bits per heavy atom. The van der Waals surface area contributed by atoms with Crippen molar-refractivity contribution in [1.29, 1.82) is 0 Å². The lowest BCUT2D eigenvalue weighted by Gasteiger charge is -2.21. The maximum absolute atomic E-state index is 11.9. The second-order valence-corrected chi connectivity index (χ2v) is 4.16. The van der Waals surface area contributed by atoms with Crippen LogP contribution in [0.5, 0.6) is 0 Å². The van der Waals surface area contributed by atoms with Gasteiger partial charge in [0, 0.05) is 17.9 Å². The highest BCUT2D eigenvalue weighted by atomic mass is 16.1. The molecule has 1 aromatic rings. The molecule has 0 spiro atoms. The van der Waals surface area contributed by atoms with E-state index in [1.807, 2.05) is 12.1 Å². The van der Waals surface area contributed by atoms with Crippen molar-refractivity contribution < 1.29 is 4.79 Å². The Morgan fingerprint density at radius 2 is 2.38 bits per heavy atom. The third kappa shape index (κ3) is 2.73. The highest BCUT2D eigenvalue weighted by Crippen LogP contribution is 2.16. The number of nitrogens with two attached hydrogens (primary N) is 1. The predicted molar refractivity (Wildman–Crippen MR) is 65.1 cm³/mol. The van der Waals surface area contributed by atoms with Gasteiger partial charge in [-0.15, -0.1) is 0 Å². The lowest BCUT2D eigenvalue weighted by Crippen LogP contribution is -2.37. The molecule has 1 aliphatic heterocycles. The number of nitrogens with one attached hydrogen (secondary N) is 2. The molecule has 1 atom stereocenters. The number of piperidine rings is 1. The molecule has 4 nitrogen and oxygen atoms in total. The number of rotatable bonds is 2. The molecule has 1 unspecified atom stereocenters. The summed E-state index contributed by atoms with van der Waals surface area (Å²) in [4.78, 5) is 11.9. The molecular formula is C12H17N3O. The van der Waals surface area contributed by atoms with Gasteiger partial charge in [0.1, 0.15) is 0 Å². The minimum Gasteiger partial charge on any atom is -0.399 e. The van der Waals surface area contributed by atoms with Crippen molar-refractivity contribution in [3.05, 3.63) is 24.3 Å². The minimum absolute atomic E-state index is 0.0789. The van der Waals surface area contributed by atoms with Gasteiger partial charge in [-0.2, -0.15) is 0 Å². The van der Waals surface area contributed by atoms with Crippen LogP contribution in [0.2, 0.25) is 0 Å². The van der Waals surface area contributed by atoms with Gasteiger partial charge in [0.2, 0.25) is 5.91 Å². The van der Waals surface area contributed by atoms with Gasteiger partial charge in [-0.05, 0) is 37.6 Å². The number of nitrogen functional groups attached to an aromatic ring is 1. The van der Waals surface area contributed by atoms with Gasteiger partial charge in [0.25, 0.3) is 0 Å². The number of carbonyl (C=O) groups is 1. The second-order valence-electron chi connectivity index (χ2n) is 4.16. The molecule has 1 aliphatic rings. The summed E-state index contributed by atoms with van der Waals surface area (Å²) in [6.45, 7) is 1.79. The number of hydrogen-bond acceptors (Lipinski definition) is 3. The van der Waals surface area contributed by atoms with E-state index >= 15 is 0 Å². The Labute approximate surface area is 95.2 Å². The van der Waals surface area contributed by atoms with E-state index in [2.05, 4.69) is 10.6 Å². The Morgan fingerprint density at radius 3 is 3.06 bits per heavy atom. The molecular weight excluding hydrogens is 202 g/mol. The van der Waals surface area contributed by atoms with Crippen LogP contribution in [0.4, 0.5) is 11.4 Å². The third-order valence-corrected chi connectivity index (χ3v) is 2.82. The van der Waals surface area contributed by atoms with Crippen LogP contribution >= 0.6 is 0 Å². The van der Waals surface area contributed by atoms with Gasteiger partial charge in [-0.1, -0.05) is 6.07 Å². The Bertz CT molecular complexity index is 372. The van der Waals surface area contributed by atoms with Gasteiger partial charge in [-0.25, -0.2) is 0 Å². The first-order chi connectivity index (χ1) is 7.75. The predicted octanol–water partition coefficient (Wildman–Crippen LogP) is 1.21. The third-order valence-electron chi connectivity index (χ3n) is 2.82. The van der Waals surface area contributed by atoms with Gasteiger partial charge < -0.3 is 16.4 Å². The largest absolute Gasteiger partial charge is 0.399 e. The van der Waals surface area contributed by atoms with Gasteiger partial charge in [-0.3, -0.25) is 4.79 Å². The van der Waals surface area contributed by atoms with E-state index in [-0.39, 0.29) is 11.8 Å². The summed E-state index contributed by atoms with van der Waals surface area (Å²) >= 11 is 0. The van der Waals surface area contributed by atoms with Crippen molar-refractivity contribution in [2.24, 2.45) is 5.92 Å². The second kappa shape index (κ2) is 4.99. The first-order valence-corrected chi connectivity index (χ1v) is 5.63. The average molecular weight is 219 g/mol. The molecule has 0 radical (unpaired) electrons. The quantitative estimate of drug-likeness (QED) is 0.655. The van der Waals surface area contributed by atoms with Crippen LogP contribution in [-0.4, -0.2) is 19.0 Å². The first-order valence-electron chi connectivity index (χ1n) is 5.63. The molecule has 4 heteroatoms. The number of hydrogen-bond donors (Lipinski definition) is 3. The molecule has 0 aliphatic carbocycles. The monoisotopic (exact) mass is 219 g/mol. The number of carbonyl (C=O) groups excluding carboxylic acids is 1. The van der Waals surface area contributed by atoms with E-state index < -0.39 is 0 Å². The van der Waals surface area contributed by atoms with E-state index in [4.69, 9.17) is 5.73 Å². The molecule has 1 aromatic carbocycles. The van der Waals surface area contributed by atoms with Crippen molar-refractivity contribution in [3.8, 4) is 0 Å². The topological polar surface area (TPSA) is 67.1 Å². The van der Waals surface area contributed by atoms with E-state index in [1.54, 1.807) is 12.1 Å². The van der Waals surface area contributed by atoms with Crippen LogP contribution in [0.1, 0.15) is 12.8 Å². The molecule has 2 rings (SSSR count). The van der Waals surface area contributed by atoms with E-state index in [0.29, 0.717) is 5.69 Å². The Kier molecular flexibility index (Phi) is 3.41. The Hall–Kier alpha value is -1.55. The summed E-state index contributed by atoms with van der Waals surface area (Å²) < 4.78 is 0. The van der Waals surface area contributed by atoms with Crippen LogP contribution in [-0.2, 0) is 4.79 Å². The zero-order valence-electron chi connectivity index (χ0n) is 9.20. The van der Waals surface area contributed by atoms with Crippen LogP contribution in [0.15, 0.2) is 24.3 Å². The van der Waals surface area contributed by atoms with Gasteiger partial charge in [0.15, 0.2) is 0 Å². The normalized spacial score (nSPS) is 20.4. The van der Waals surface area contributed by atoms with Crippen LogP contribution in [0, 0.1) is 5.92 Å². The minimum atomic E-state index is 0.0789. The zero-order chi connectivity index (χ0) is 11.4. The van der Waals surface area contributed by atoms with Crippen molar-refractivity contribution in [2.75, 3.05) is 24.1 Å². The van der Waals surface area contributed by atoms with E-state index in [0.717, 1.165) is 31.6 Å². The van der Waals surface area contributed by atoms with Crippen LogP contribution in [0.3, 0.4) is 0 Å². The maximum Gasteiger partial charge on any atom is 0.228 e. The summed E-state index contributed by atoms with van der Waals surface area (Å²) in [6.07, 6.45) is 2.02. The van der Waals surface area contributed by atoms with Gasteiger partial charge >= 0.3 is 0 Å². The summed E-state index contributed by atoms with van der Waals surface area (Å²) in [6, 6.07) is 7.26. The molecule has 1 fully saturated rings. The standard InChI is InChI=1S/C12H17N3O/c13-10-4-1-5-11(7-10)15-12(16)9-3-2-6-14-8-9/h1,4-5,7,9,14H,2-3,6,8,13H2,(H,15,16). The number of amides is 1. The molecule has 1 amide bonds. The molecule has 1 saturated heterocycles. The summed E-state index contributed by atoms with van der Waals surface area (Å²) in [5, 5.41) is 6.12. The molecule has 16 heavy (non-hydrogen) atoms. The summed E-state index contributed by atoms with van der Waals surface area (Å²) in [5.41, 5.74) is 7.09. The van der Waals surface area contributed by atoms with E-state index in [9.17, 15) is 4.79 Å². The number of anilines is 2. The maximum atomic E-state index is 11.9. The highest BCUT2D eigenvalue weighted by molar-refractivity contribution is 5.93. The summed E-state index contributed by atoms with van der Waals surface area (Å²) in [7, 11) is 0. The fourth-order valence-electron chi connectivity index (χ4n) is 1.94. The molecule has 4 N–H and O–H groups in total. The van der Waals surface area contributed by atoms with Crippen molar-refractivity contribution >= 4 is 17.3 Å². The summed E-state index contributed by atoms with van der Waals surface area (Å²) in [5.74, 6) is 0.160. The fraction of sp³-hybridized carbons (Fsp3) is 0.417. The smallest absolute Gasteiger partial charge is 0.228 e. The van der Waals surface area contributed by atoms with Gasteiger partial charge in [0.05, 0.1) is 5.92 Å². The van der Waals surface area contributed by atoms with Crippen molar-refractivity contribution in [2.45, 2.75) is 12.8 Å². The molecule has 86 valence electrons. The number of benzene rings is 1. The van der Waals surface area contributed by atoms with Crippen molar-refractivity contribution in [1.82, 2.24) is 5.32 Å². The zero-order valence-corrected chi connectivity index (χ0v) is 9.20. The SMILES string of the molecule is Nc1cccc(NC(=O)C2CCCNC2)c1. The lowest BCUT2D eigenvalue weighted by atomic mass is 9.99.